The Labute approximate surface area is 133 Å². The van der Waals surface area contributed by atoms with Crippen LogP contribution >= 0.6 is 24.0 Å². The van der Waals surface area contributed by atoms with E-state index < -0.39 is 0 Å². The first-order chi connectivity index (χ1) is 8.81. The van der Waals surface area contributed by atoms with E-state index >= 15 is 0 Å². The third kappa shape index (κ3) is 4.48. The summed E-state index contributed by atoms with van der Waals surface area (Å²) in [6, 6.07) is 0.910. The normalized spacial score (nSPS) is 28.8. The maximum Gasteiger partial charge on any atom is 0.188 e. The lowest BCUT2D eigenvalue weighted by Crippen LogP contribution is -2.37. The number of hydrogen-bond acceptors (Lipinski definition) is 2. The molecule has 3 aliphatic rings. The van der Waals surface area contributed by atoms with Gasteiger partial charge >= 0.3 is 0 Å². The van der Waals surface area contributed by atoms with Crippen molar-refractivity contribution in [1.29, 1.82) is 0 Å². The average molecular weight is 378 g/mol. The van der Waals surface area contributed by atoms with Gasteiger partial charge in [-0.1, -0.05) is 6.42 Å². The molecule has 1 unspecified atom stereocenters. The van der Waals surface area contributed by atoms with Crippen molar-refractivity contribution in [2.45, 2.75) is 44.6 Å². The summed E-state index contributed by atoms with van der Waals surface area (Å²) in [6.07, 6.45) is 8.25. The summed E-state index contributed by atoms with van der Waals surface area (Å²) in [5.41, 5.74) is 5.91. The van der Waals surface area contributed by atoms with Gasteiger partial charge in [0.25, 0.3) is 0 Å². The van der Waals surface area contributed by atoms with Crippen LogP contribution in [-0.4, -0.2) is 43.1 Å². The summed E-state index contributed by atoms with van der Waals surface area (Å²) in [4.78, 5) is 7.14. The molecule has 1 heterocycles. The number of nitrogens with zero attached hydrogens (tertiary/aromatic N) is 2. The topological polar surface area (TPSA) is 53.6 Å². The molecule has 2 aliphatic carbocycles. The molecule has 19 heavy (non-hydrogen) atoms. The van der Waals surface area contributed by atoms with Crippen molar-refractivity contribution in [2.75, 3.05) is 26.2 Å². The van der Waals surface area contributed by atoms with Crippen molar-refractivity contribution in [3.63, 3.8) is 0 Å². The lowest BCUT2D eigenvalue weighted by Gasteiger charge is -2.25. The second-order valence-electron chi connectivity index (χ2n) is 6.28. The lowest BCUT2D eigenvalue weighted by molar-refractivity contribution is 0.313. The molecule has 0 aromatic rings. The number of hydrogen-bond donors (Lipinski definition) is 2. The molecule has 2 saturated carbocycles. The van der Waals surface area contributed by atoms with Crippen LogP contribution < -0.4 is 11.1 Å². The van der Waals surface area contributed by atoms with Crippen molar-refractivity contribution >= 4 is 29.9 Å². The minimum Gasteiger partial charge on any atom is -0.370 e. The van der Waals surface area contributed by atoms with Gasteiger partial charge in [-0.2, -0.15) is 0 Å². The van der Waals surface area contributed by atoms with Gasteiger partial charge in [0.2, 0.25) is 0 Å². The van der Waals surface area contributed by atoms with Gasteiger partial charge in [0.05, 0.1) is 0 Å². The van der Waals surface area contributed by atoms with Crippen LogP contribution in [0.4, 0.5) is 0 Å². The molecule has 0 radical (unpaired) electrons. The predicted octanol–water partition coefficient (Wildman–Crippen LogP) is 1.79. The van der Waals surface area contributed by atoms with Crippen LogP contribution in [0.2, 0.25) is 0 Å². The van der Waals surface area contributed by atoms with Crippen molar-refractivity contribution in [3.05, 3.63) is 0 Å². The van der Waals surface area contributed by atoms with Crippen LogP contribution in [-0.2, 0) is 0 Å². The summed E-state index contributed by atoms with van der Waals surface area (Å²) in [5, 5.41) is 3.27. The molecule has 5 heteroatoms. The quantitative estimate of drug-likeness (QED) is 0.436. The van der Waals surface area contributed by atoms with Crippen LogP contribution in [0.1, 0.15) is 38.5 Å². The maximum absolute atomic E-state index is 5.91. The van der Waals surface area contributed by atoms with E-state index in [0.717, 1.165) is 31.0 Å². The van der Waals surface area contributed by atoms with Gasteiger partial charge in [0.15, 0.2) is 5.96 Å². The van der Waals surface area contributed by atoms with E-state index in [1.54, 1.807) is 0 Å². The van der Waals surface area contributed by atoms with E-state index in [1.165, 1.54) is 51.6 Å². The minimum absolute atomic E-state index is 0. The number of rotatable bonds is 5. The Balaban J connectivity index is 0.00000133. The summed E-state index contributed by atoms with van der Waals surface area (Å²) >= 11 is 0. The molecule has 0 aromatic carbocycles. The molecule has 0 amide bonds. The highest BCUT2D eigenvalue weighted by Crippen LogP contribution is 2.31. The Morgan fingerprint density at radius 1 is 1.16 bits per heavy atom. The lowest BCUT2D eigenvalue weighted by atomic mass is 9.85. The molecule has 1 atom stereocenters. The van der Waals surface area contributed by atoms with Crippen molar-refractivity contribution in [2.24, 2.45) is 22.6 Å². The van der Waals surface area contributed by atoms with Gasteiger partial charge < -0.3 is 16.0 Å². The molecular weight excluding hydrogens is 351 g/mol. The number of guanidine groups is 1. The first-order valence-electron chi connectivity index (χ1n) is 7.59. The zero-order chi connectivity index (χ0) is 12.4. The standard InChI is InChI=1S/C14H26N4.HI/c15-14(16-8-11-2-1-3-11)17-9-12-6-7-18(10-12)13-4-5-13;/h11-13H,1-10H2,(H3,15,16,17);1H. The van der Waals surface area contributed by atoms with Crippen LogP contribution in [0.15, 0.2) is 4.99 Å². The zero-order valence-electron chi connectivity index (χ0n) is 11.7. The maximum atomic E-state index is 5.91. The van der Waals surface area contributed by atoms with Crippen molar-refractivity contribution in [1.82, 2.24) is 10.2 Å². The fraction of sp³-hybridized carbons (Fsp3) is 0.929. The molecule has 3 rings (SSSR count). The van der Waals surface area contributed by atoms with E-state index in [1.807, 2.05) is 0 Å². The molecule has 0 aromatic heterocycles. The smallest absolute Gasteiger partial charge is 0.188 e. The highest BCUT2D eigenvalue weighted by Gasteiger charge is 2.34. The second-order valence-corrected chi connectivity index (χ2v) is 6.28. The summed E-state index contributed by atoms with van der Waals surface area (Å²) in [7, 11) is 0. The highest BCUT2D eigenvalue weighted by atomic mass is 127. The summed E-state index contributed by atoms with van der Waals surface area (Å²) in [6.45, 7) is 4.45. The summed E-state index contributed by atoms with van der Waals surface area (Å²) < 4.78 is 0. The first kappa shape index (κ1) is 15.4. The Morgan fingerprint density at radius 2 is 1.95 bits per heavy atom. The number of nitrogens with two attached hydrogens (primary N) is 1. The van der Waals surface area contributed by atoms with Crippen molar-refractivity contribution in [3.8, 4) is 0 Å². The van der Waals surface area contributed by atoms with Gasteiger partial charge in [-0.05, 0) is 50.5 Å². The molecule has 4 nitrogen and oxygen atoms in total. The number of aliphatic imine (C=N–C) groups is 1. The molecule has 0 spiro atoms. The van der Waals surface area contributed by atoms with E-state index in [-0.39, 0.29) is 24.0 Å². The van der Waals surface area contributed by atoms with Gasteiger partial charge in [-0.25, -0.2) is 0 Å². The number of nitrogens with one attached hydrogen (secondary N) is 1. The molecular formula is C14H27IN4. The van der Waals surface area contributed by atoms with Gasteiger partial charge in [0.1, 0.15) is 0 Å². The van der Waals surface area contributed by atoms with E-state index in [2.05, 4.69) is 15.2 Å². The minimum atomic E-state index is 0. The SMILES string of the molecule is I.NC(=NCC1CCN(C2CC2)C1)NCC1CCC1. The Kier molecular flexibility index (Phi) is 5.74. The molecule has 110 valence electrons. The van der Waals surface area contributed by atoms with E-state index in [0.29, 0.717) is 5.96 Å². The molecule has 3 fully saturated rings. The number of halogens is 1. The predicted molar refractivity (Wildman–Crippen MR) is 90.0 cm³/mol. The van der Waals surface area contributed by atoms with Crippen molar-refractivity contribution < 1.29 is 0 Å². The molecule has 3 N–H and O–H groups in total. The molecule has 1 saturated heterocycles. The van der Waals surface area contributed by atoms with Crippen LogP contribution in [0.5, 0.6) is 0 Å². The van der Waals surface area contributed by atoms with Crippen LogP contribution in [0.3, 0.4) is 0 Å². The third-order valence-corrected chi connectivity index (χ3v) is 4.70. The van der Waals surface area contributed by atoms with Gasteiger partial charge in [0, 0.05) is 25.7 Å². The molecule has 1 aliphatic heterocycles. The summed E-state index contributed by atoms with van der Waals surface area (Å²) in [5.74, 6) is 2.23. The van der Waals surface area contributed by atoms with Crippen LogP contribution in [0.25, 0.3) is 0 Å². The third-order valence-electron chi connectivity index (χ3n) is 4.70. The van der Waals surface area contributed by atoms with Gasteiger partial charge in [-0.3, -0.25) is 4.99 Å². The fourth-order valence-electron chi connectivity index (χ4n) is 3.01. The second kappa shape index (κ2) is 7.11. The Morgan fingerprint density at radius 3 is 2.58 bits per heavy atom. The highest BCUT2D eigenvalue weighted by molar-refractivity contribution is 14.0. The largest absolute Gasteiger partial charge is 0.370 e. The Bertz CT molecular complexity index is 313. The van der Waals surface area contributed by atoms with E-state index in [4.69, 9.17) is 5.73 Å². The molecule has 0 bridgehead atoms. The Hall–Kier alpha value is -0.0400. The number of likely N-dealkylation sites (tertiary alicyclic amines) is 1. The first-order valence-corrected chi connectivity index (χ1v) is 7.59. The van der Waals surface area contributed by atoms with E-state index in [9.17, 15) is 0 Å². The van der Waals surface area contributed by atoms with Gasteiger partial charge in [-0.15, -0.1) is 24.0 Å². The van der Waals surface area contributed by atoms with Crippen LogP contribution in [0, 0.1) is 11.8 Å². The fourth-order valence-corrected chi connectivity index (χ4v) is 3.01. The monoisotopic (exact) mass is 378 g/mol. The zero-order valence-corrected chi connectivity index (χ0v) is 14.0. The average Bonchev–Trinajstić information content (AvgIpc) is 3.04.